The largest absolute Gasteiger partial charge is 0.326 e. The Labute approximate surface area is 166 Å². The van der Waals surface area contributed by atoms with E-state index < -0.39 is 10.0 Å². The summed E-state index contributed by atoms with van der Waals surface area (Å²) in [4.78, 5) is 13.4. The Morgan fingerprint density at radius 3 is 2.30 bits per heavy atom. The number of hydrogen-bond acceptors (Lipinski definition) is 4. The third-order valence-electron chi connectivity index (χ3n) is 3.92. The van der Waals surface area contributed by atoms with Crippen molar-refractivity contribution < 1.29 is 13.2 Å². The lowest BCUT2D eigenvalue weighted by molar-refractivity contribution is -0.115. The first kappa shape index (κ1) is 21.5. The zero-order chi connectivity index (χ0) is 20.0. The Bertz CT molecular complexity index is 892. The van der Waals surface area contributed by atoms with Gasteiger partial charge in [-0.3, -0.25) is 4.79 Å². The zero-order valence-corrected chi connectivity index (χ0v) is 17.7. The van der Waals surface area contributed by atoms with Crippen LogP contribution in [0.25, 0.3) is 0 Å². The summed E-state index contributed by atoms with van der Waals surface area (Å²) in [7, 11) is -3.52. The van der Waals surface area contributed by atoms with Crippen LogP contribution in [0.1, 0.15) is 31.4 Å². The number of carbonyl (C=O) groups excluding carboxylic acids is 1. The van der Waals surface area contributed by atoms with Crippen LogP contribution in [-0.2, 0) is 14.8 Å². The topological polar surface area (TPSA) is 75.3 Å². The zero-order valence-electron chi connectivity index (χ0n) is 16.1. The minimum absolute atomic E-state index is 0.0951. The first-order valence-corrected chi connectivity index (χ1v) is 11.3. The van der Waals surface area contributed by atoms with Crippen molar-refractivity contribution in [3.05, 3.63) is 53.6 Å². The van der Waals surface area contributed by atoms with E-state index >= 15 is 0 Å². The summed E-state index contributed by atoms with van der Waals surface area (Å²) < 4.78 is 26.7. The van der Waals surface area contributed by atoms with Gasteiger partial charge in [0.25, 0.3) is 0 Å². The molecule has 0 spiro atoms. The molecule has 0 bridgehead atoms. The molecular weight excluding hydrogens is 380 g/mol. The summed E-state index contributed by atoms with van der Waals surface area (Å²) in [6.45, 7) is 7.68. The average molecular weight is 407 g/mol. The van der Waals surface area contributed by atoms with E-state index in [1.165, 1.54) is 23.3 Å². The standard InChI is InChI=1S/C20H26N2O3S2/c1-14(2)22-27(24,25)19-9-6-17(7-10-19)21-20(23)11-12-26-18-8-5-15(3)16(4)13-18/h5-10,13-14,22H,11-12H2,1-4H3,(H,21,23). The van der Waals surface area contributed by atoms with E-state index in [4.69, 9.17) is 0 Å². The number of nitrogens with one attached hydrogen (secondary N) is 2. The van der Waals surface area contributed by atoms with Gasteiger partial charge in [0.05, 0.1) is 4.90 Å². The molecule has 2 N–H and O–H groups in total. The maximum absolute atomic E-state index is 12.1. The summed E-state index contributed by atoms with van der Waals surface area (Å²) in [5, 5.41) is 2.80. The van der Waals surface area contributed by atoms with E-state index in [-0.39, 0.29) is 16.8 Å². The normalized spacial score (nSPS) is 11.6. The van der Waals surface area contributed by atoms with Crippen molar-refractivity contribution in [3.63, 3.8) is 0 Å². The highest BCUT2D eigenvalue weighted by molar-refractivity contribution is 7.99. The van der Waals surface area contributed by atoms with Gasteiger partial charge in [0, 0.05) is 28.8 Å². The third kappa shape index (κ3) is 6.68. The summed E-state index contributed by atoms with van der Waals surface area (Å²) in [5.74, 6) is 0.585. The van der Waals surface area contributed by atoms with Crippen LogP contribution in [0.2, 0.25) is 0 Å². The van der Waals surface area contributed by atoms with E-state index in [1.54, 1.807) is 37.7 Å². The lowest BCUT2D eigenvalue weighted by atomic mass is 10.1. The van der Waals surface area contributed by atoms with Crippen LogP contribution in [0.3, 0.4) is 0 Å². The molecule has 0 saturated carbocycles. The summed E-state index contributed by atoms with van der Waals surface area (Å²) in [6, 6.07) is 12.3. The van der Waals surface area contributed by atoms with Gasteiger partial charge in [0.2, 0.25) is 15.9 Å². The van der Waals surface area contributed by atoms with Gasteiger partial charge in [0.15, 0.2) is 0 Å². The Kier molecular flexibility index (Phi) is 7.47. The SMILES string of the molecule is Cc1ccc(SCCC(=O)Nc2ccc(S(=O)(=O)NC(C)C)cc2)cc1C. The number of aryl methyl sites for hydroxylation is 2. The molecule has 0 aliphatic rings. The Balaban J connectivity index is 1.86. The molecule has 5 nitrogen and oxygen atoms in total. The van der Waals surface area contributed by atoms with Crippen LogP contribution in [-0.4, -0.2) is 26.1 Å². The van der Waals surface area contributed by atoms with Crippen LogP contribution in [0.5, 0.6) is 0 Å². The van der Waals surface area contributed by atoms with Gasteiger partial charge in [-0.05, 0) is 75.2 Å². The van der Waals surface area contributed by atoms with Crippen molar-refractivity contribution in [1.82, 2.24) is 4.72 Å². The highest BCUT2D eigenvalue weighted by Gasteiger charge is 2.15. The fourth-order valence-corrected chi connectivity index (χ4v) is 4.58. The molecule has 2 rings (SSSR count). The molecule has 146 valence electrons. The molecular formula is C20H26N2O3S2. The second-order valence-electron chi connectivity index (χ2n) is 6.69. The number of benzene rings is 2. The number of amides is 1. The van der Waals surface area contributed by atoms with Gasteiger partial charge in [0.1, 0.15) is 0 Å². The van der Waals surface area contributed by atoms with Crippen molar-refractivity contribution in [2.24, 2.45) is 0 Å². The average Bonchev–Trinajstić information content (AvgIpc) is 2.57. The summed E-state index contributed by atoms with van der Waals surface area (Å²) >= 11 is 1.65. The number of carbonyl (C=O) groups is 1. The summed E-state index contributed by atoms with van der Waals surface area (Å²) in [5.41, 5.74) is 3.08. The lowest BCUT2D eigenvalue weighted by Gasteiger charge is -2.10. The van der Waals surface area contributed by atoms with Crippen LogP contribution in [0, 0.1) is 13.8 Å². The monoisotopic (exact) mass is 406 g/mol. The molecule has 27 heavy (non-hydrogen) atoms. The molecule has 2 aromatic rings. The molecule has 0 radical (unpaired) electrons. The van der Waals surface area contributed by atoms with Crippen LogP contribution in [0.15, 0.2) is 52.3 Å². The van der Waals surface area contributed by atoms with Gasteiger partial charge in [-0.25, -0.2) is 13.1 Å². The van der Waals surface area contributed by atoms with Gasteiger partial charge < -0.3 is 5.32 Å². The number of anilines is 1. The lowest BCUT2D eigenvalue weighted by Crippen LogP contribution is -2.30. The first-order valence-electron chi connectivity index (χ1n) is 8.79. The highest BCUT2D eigenvalue weighted by Crippen LogP contribution is 2.22. The van der Waals surface area contributed by atoms with Gasteiger partial charge in [-0.1, -0.05) is 6.07 Å². The third-order valence-corrected chi connectivity index (χ3v) is 6.59. The van der Waals surface area contributed by atoms with E-state index in [2.05, 4.69) is 42.1 Å². The number of rotatable bonds is 8. The highest BCUT2D eigenvalue weighted by atomic mass is 32.2. The van der Waals surface area contributed by atoms with E-state index in [9.17, 15) is 13.2 Å². The Morgan fingerprint density at radius 1 is 1.04 bits per heavy atom. The smallest absolute Gasteiger partial charge is 0.240 e. The van der Waals surface area contributed by atoms with E-state index in [0.29, 0.717) is 17.9 Å². The van der Waals surface area contributed by atoms with Crippen LogP contribution >= 0.6 is 11.8 Å². The maximum atomic E-state index is 12.1. The second-order valence-corrected chi connectivity index (χ2v) is 9.58. The Hall–Kier alpha value is -1.83. The number of thioether (sulfide) groups is 1. The number of sulfonamides is 1. The van der Waals surface area contributed by atoms with Crippen LogP contribution in [0.4, 0.5) is 5.69 Å². The molecule has 0 fully saturated rings. The van der Waals surface area contributed by atoms with Crippen molar-refractivity contribution in [1.29, 1.82) is 0 Å². The maximum Gasteiger partial charge on any atom is 0.240 e. The molecule has 1 amide bonds. The first-order chi connectivity index (χ1) is 12.7. The van der Waals surface area contributed by atoms with Crippen molar-refractivity contribution >= 4 is 33.4 Å². The molecule has 2 aromatic carbocycles. The minimum Gasteiger partial charge on any atom is -0.326 e. The predicted molar refractivity (Wildman–Crippen MR) is 112 cm³/mol. The van der Waals surface area contributed by atoms with Gasteiger partial charge in [-0.2, -0.15) is 0 Å². The molecule has 0 aliphatic heterocycles. The fourth-order valence-electron chi connectivity index (χ4n) is 2.38. The fraction of sp³-hybridized carbons (Fsp3) is 0.350. The van der Waals surface area contributed by atoms with E-state index in [0.717, 1.165) is 4.90 Å². The molecule has 0 saturated heterocycles. The number of hydrogen-bond donors (Lipinski definition) is 2. The predicted octanol–water partition coefficient (Wildman–Crippen LogP) is 4.11. The van der Waals surface area contributed by atoms with Gasteiger partial charge in [-0.15, -0.1) is 11.8 Å². The quantitative estimate of drug-likeness (QED) is 0.647. The van der Waals surface area contributed by atoms with Crippen LogP contribution < -0.4 is 10.0 Å². The van der Waals surface area contributed by atoms with E-state index in [1.807, 2.05) is 0 Å². The molecule has 0 atom stereocenters. The molecule has 0 aromatic heterocycles. The summed E-state index contributed by atoms with van der Waals surface area (Å²) in [6.07, 6.45) is 0.381. The van der Waals surface area contributed by atoms with Gasteiger partial charge >= 0.3 is 0 Å². The van der Waals surface area contributed by atoms with Crippen molar-refractivity contribution in [3.8, 4) is 0 Å². The minimum atomic E-state index is -3.52. The Morgan fingerprint density at radius 2 is 1.70 bits per heavy atom. The second kappa shape index (κ2) is 9.39. The molecule has 0 unspecified atom stereocenters. The van der Waals surface area contributed by atoms with Crippen molar-refractivity contribution in [2.45, 2.75) is 49.9 Å². The molecule has 0 heterocycles. The van der Waals surface area contributed by atoms with Crippen molar-refractivity contribution in [2.75, 3.05) is 11.1 Å². The molecule has 0 aliphatic carbocycles. The molecule has 7 heteroatoms.